The first-order valence-electron chi connectivity index (χ1n) is 11.2. The van der Waals surface area contributed by atoms with Crippen molar-refractivity contribution >= 4 is 16.2 Å². The molecule has 0 radical (unpaired) electrons. The van der Waals surface area contributed by atoms with E-state index in [-0.39, 0.29) is 69.6 Å². The van der Waals surface area contributed by atoms with E-state index in [0.717, 1.165) is 0 Å². The van der Waals surface area contributed by atoms with Gasteiger partial charge in [0, 0.05) is 5.56 Å². The van der Waals surface area contributed by atoms with Crippen molar-refractivity contribution < 1.29 is 85.8 Å². The predicted molar refractivity (Wildman–Crippen MR) is 126 cm³/mol. The van der Waals surface area contributed by atoms with Crippen molar-refractivity contribution in [2.75, 3.05) is 13.7 Å². The summed E-state index contributed by atoms with van der Waals surface area (Å²) in [4.78, 5) is 12.8. The number of carbonyl (C=O) groups excluding carboxylic acids is 1. The number of phenols is 2. The largest absolute Gasteiger partial charge is 1.00 e. The summed E-state index contributed by atoms with van der Waals surface area (Å²) in [5, 5.41) is 30.7. The van der Waals surface area contributed by atoms with Crippen molar-refractivity contribution in [3.63, 3.8) is 0 Å². The minimum atomic E-state index is -5.03. The molecule has 0 aliphatic carbocycles. The Balaban J connectivity index is 0.00000353. The molecule has 0 saturated carbocycles. The number of benzene rings is 3. The fraction of sp³-hybridized carbons (Fsp3) is 0.240. The summed E-state index contributed by atoms with van der Waals surface area (Å²) in [6, 6.07) is 13.1. The second-order valence-corrected chi connectivity index (χ2v) is 9.57. The number of hydrogen-bond donors (Lipinski definition) is 3. The van der Waals surface area contributed by atoms with Crippen molar-refractivity contribution in [2.45, 2.75) is 24.4 Å². The summed E-state index contributed by atoms with van der Waals surface area (Å²) in [7, 11) is -3.69. The first kappa shape index (κ1) is 29.0. The number of methoxy groups -OCH3 is 1. The van der Waals surface area contributed by atoms with Crippen molar-refractivity contribution in [2.24, 2.45) is 0 Å². The van der Waals surface area contributed by atoms with Crippen molar-refractivity contribution in [1.29, 1.82) is 0 Å². The van der Waals surface area contributed by atoms with Gasteiger partial charge in [0.1, 0.15) is 23.7 Å². The van der Waals surface area contributed by atoms with Crippen LogP contribution in [0, 0.1) is 0 Å². The average molecular weight is 568 g/mol. The topological polar surface area (TPSA) is 181 Å². The Labute approximate surface area is 244 Å². The van der Waals surface area contributed by atoms with Crippen LogP contribution >= 0.6 is 0 Å². The van der Waals surface area contributed by atoms with Crippen LogP contribution in [0.2, 0.25) is 0 Å². The third kappa shape index (κ3) is 5.79. The van der Waals surface area contributed by atoms with E-state index in [0.29, 0.717) is 11.1 Å². The number of hydrogen-bond acceptors (Lipinski definition) is 12. The van der Waals surface area contributed by atoms with E-state index in [1.54, 1.807) is 0 Å². The van der Waals surface area contributed by atoms with Crippen LogP contribution in [-0.4, -0.2) is 60.0 Å². The molecule has 5 rings (SSSR count). The van der Waals surface area contributed by atoms with Crippen molar-refractivity contribution in [3.8, 4) is 34.5 Å². The first-order valence-corrected chi connectivity index (χ1v) is 12.5. The van der Waals surface area contributed by atoms with Gasteiger partial charge in [-0.05, 0) is 42.0 Å². The molecule has 0 bridgehead atoms. The molecule has 0 aromatic heterocycles. The summed E-state index contributed by atoms with van der Waals surface area (Å²) in [6.45, 7) is -0.667. The van der Waals surface area contributed by atoms with Crippen LogP contribution in [-0.2, 0) is 14.6 Å². The maximum absolute atomic E-state index is 12.8. The van der Waals surface area contributed by atoms with E-state index in [1.165, 1.54) is 61.7 Å². The molecule has 4 atom stereocenters. The molecular weight excluding hydrogens is 547 g/mol. The first-order chi connectivity index (χ1) is 18.1. The smallest absolute Gasteiger partial charge is 0.726 e. The molecule has 0 spiro atoms. The predicted octanol–water partition coefficient (Wildman–Crippen LogP) is -0.854. The third-order valence-corrected chi connectivity index (χ3v) is 6.56. The number of aliphatic hydroxyl groups excluding tert-OH is 1. The van der Waals surface area contributed by atoms with Gasteiger partial charge in [-0.15, -0.1) is 0 Å². The van der Waals surface area contributed by atoms with E-state index >= 15 is 0 Å². The van der Waals surface area contributed by atoms with Crippen LogP contribution in [0.1, 0.15) is 33.7 Å². The Morgan fingerprint density at radius 1 is 0.897 bits per heavy atom. The third-order valence-electron chi connectivity index (χ3n) is 6.14. The van der Waals surface area contributed by atoms with Gasteiger partial charge in [0.25, 0.3) is 0 Å². The minimum absolute atomic E-state index is 0. The van der Waals surface area contributed by atoms with Crippen LogP contribution in [0.15, 0.2) is 54.6 Å². The standard InChI is InChI=1S/C25H22O12S.Na/c1-33-18-9-12(5-7-14(18)26)24-20(11-34-38(30,31)32)35-16-8-6-13(10-19(16)37-24)25-23(29)22(28)21-15(27)3-2-4-17(21)36-25;/h2-10,20,23-27,29H,11H2,1H3,(H,30,31,32);/q;+1/p-1/t20?,23-,24?,25+;/m0./s1. The molecule has 2 aliphatic heterocycles. The van der Waals surface area contributed by atoms with Gasteiger partial charge in [-0.3, -0.25) is 8.98 Å². The second kappa shape index (κ2) is 11.2. The molecule has 12 nitrogen and oxygen atoms in total. The number of fused-ring (bicyclic) bond motifs is 2. The molecule has 3 N–H and O–H groups in total. The Morgan fingerprint density at radius 3 is 2.31 bits per heavy atom. The zero-order valence-corrected chi connectivity index (χ0v) is 23.5. The van der Waals surface area contributed by atoms with Crippen LogP contribution in [0.3, 0.4) is 0 Å². The molecule has 200 valence electrons. The summed E-state index contributed by atoms with van der Waals surface area (Å²) in [5.41, 5.74) is 0.633. The maximum Gasteiger partial charge on any atom is 1.00 e. The number of phenolic OH excluding ortho intramolecular Hbond substituents is 2. The molecule has 3 aromatic rings. The molecule has 0 amide bonds. The number of carbonyl (C=O) groups is 1. The van der Waals surface area contributed by atoms with Gasteiger partial charge in [0.15, 0.2) is 47.4 Å². The molecule has 39 heavy (non-hydrogen) atoms. The molecule has 0 fully saturated rings. The van der Waals surface area contributed by atoms with E-state index in [9.17, 15) is 33.1 Å². The summed E-state index contributed by atoms with van der Waals surface area (Å²) >= 11 is 0. The van der Waals surface area contributed by atoms with Crippen molar-refractivity contribution in [3.05, 3.63) is 71.3 Å². The van der Waals surface area contributed by atoms with Crippen LogP contribution in [0.25, 0.3) is 0 Å². The average Bonchev–Trinajstić information content (AvgIpc) is 2.88. The SMILES string of the molecule is COc1cc(C2Oc3cc([C@H]4Oc5cccc(O)c5C(=O)[C@@H]4O)ccc3OC2COS(=O)(=O)[O-])ccc1O.[Na+]. The monoisotopic (exact) mass is 568 g/mol. The molecule has 14 heteroatoms. The quantitative estimate of drug-likeness (QED) is 0.191. The zero-order chi connectivity index (χ0) is 27.2. The molecule has 2 aliphatic rings. The number of rotatable bonds is 6. The molecule has 0 saturated heterocycles. The number of ketones is 1. The number of ether oxygens (including phenoxy) is 4. The summed E-state index contributed by atoms with van der Waals surface area (Å²) in [6.07, 6.45) is -4.88. The van der Waals surface area contributed by atoms with Crippen LogP contribution < -0.4 is 48.5 Å². The van der Waals surface area contributed by atoms with Gasteiger partial charge >= 0.3 is 29.6 Å². The summed E-state index contributed by atoms with van der Waals surface area (Å²) in [5.74, 6) is -0.633. The Kier molecular flexibility index (Phi) is 8.33. The number of aromatic hydroxyl groups is 2. The van der Waals surface area contributed by atoms with E-state index in [2.05, 4.69) is 4.18 Å². The van der Waals surface area contributed by atoms with Gasteiger partial charge in [0.05, 0.1) is 7.11 Å². The molecule has 2 heterocycles. The van der Waals surface area contributed by atoms with Gasteiger partial charge in [-0.25, -0.2) is 8.42 Å². The summed E-state index contributed by atoms with van der Waals surface area (Å²) < 4.78 is 60.7. The normalized spacial score (nSPS) is 21.8. The van der Waals surface area contributed by atoms with E-state index in [4.69, 9.17) is 18.9 Å². The fourth-order valence-corrected chi connectivity index (χ4v) is 4.66. The van der Waals surface area contributed by atoms with Gasteiger partial charge < -0.3 is 38.8 Å². The van der Waals surface area contributed by atoms with Crippen LogP contribution in [0.4, 0.5) is 0 Å². The van der Waals surface area contributed by atoms with Gasteiger partial charge in [-0.2, -0.15) is 0 Å². The molecular formula is C25H21NaO12S. The maximum atomic E-state index is 12.8. The zero-order valence-electron chi connectivity index (χ0n) is 20.6. The molecule has 2 unspecified atom stereocenters. The number of Topliss-reactive ketones (excluding diaryl/α,β-unsaturated/α-hetero) is 1. The van der Waals surface area contributed by atoms with Gasteiger partial charge in [-0.1, -0.05) is 18.2 Å². The minimum Gasteiger partial charge on any atom is -0.726 e. The van der Waals surface area contributed by atoms with Crippen molar-refractivity contribution in [1.82, 2.24) is 0 Å². The Morgan fingerprint density at radius 2 is 1.59 bits per heavy atom. The van der Waals surface area contributed by atoms with Gasteiger partial charge in [0.2, 0.25) is 16.2 Å². The van der Waals surface area contributed by atoms with E-state index < -0.39 is 47.2 Å². The van der Waals surface area contributed by atoms with E-state index in [1.807, 2.05) is 0 Å². The van der Waals surface area contributed by atoms with Crippen LogP contribution in [0.5, 0.6) is 34.5 Å². The molecule has 3 aromatic carbocycles. The number of aliphatic hydroxyl groups is 1. The second-order valence-electron chi connectivity index (χ2n) is 8.52. The fourth-order valence-electron chi connectivity index (χ4n) is 4.36. The Bertz CT molecular complexity index is 1510. The Hall–Kier alpha value is -3.04.